The summed E-state index contributed by atoms with van der Waals surface area (Å²) in [6.45, 7) is 0.748. The number of aromatic carboxylic acids is 1. The average Bonchev–Trinajstić information content (AvgIpc) is 2.54. The summed E-state index contributed by atoms with van der Waals surface area (Å²) in [7, 11) is -3.68. The molecule has 120 valence electrons. The number of carboxylic acids is 1. The van der Waals surface area contributed by atoms with E-state index in [1.54, 1.807) is 0 Å². The highest BCUT2D eigenvalue weighted by Crippen LogP contribution is 2.22. The van der Waals surface area contributed by atoms with Crippen molar-refractivity contribution in [3.05, 3.63) is 65.2 Å². The van der Waals surface area contributed by atoms with Crippen molar-refractivity contribution in [1.29, 1.82) is 0 Å². The average molecular weight is 332 g/mol. The van der Waals surface area contributed by atoms with Crippen molar-refractivity contribution in [3.63, 3.8) is 0 Å². The fraction of sp³-hybridized carbons (Fsp3) is 0.188. The lowest BCUT2D eigenvalue weighted by molar-refractivity contribution is 0.0697. The van der Waals surface area contributed by atoms with Gasteiger partial charge in [0.05, 0.1) is 5.56 Å². The van der Waals surface area contributed by atoms with Crippen LogP contribution < -0.4 is 4.72 Å². The third kappa shape index (κ3) is 3.35. The van der Waals surface area contributed by atoms with Crippen molar-refractivity contribution in [2.45, 2.75) is 13.0 Å². The van der Waals surface area contributed by atoms with Gasteiger partial charge in [-0.2, -0.15) is 12.7 Å². The first-order valence-electron chi connectivity index (χ1n) is 7.14. The summed E-state index contributed by atoms with van der Waals surface area (Å²) >= 11 is 0. The Labute approximate surface area is 134 Å². The molecule has 0 aromatic heterocycles. The number of hydrogen-bond donors (Lipinski definition) is 2. The molecule has 0 atom stereocenters. The zero-order valence-electron chi connectivity index (χ0n) is 12.3. The molecule has 7 heteroatoms. The van der Waals surface area contributed by atoms with Crippen LogP contribution in [0.5, 0.6) is 0 Å². The predicted molar refractivity (Wildman–Crippen MR) is 86.5 cm³/mol. The molecule has 0 radical (unpaired) electrons. The molecule has 3 rings (SSSR count). The van der Waals surface area contributed by atoms with Crippen LogP contribution in [0.2, 0.25) is 0 Å². The van der Waals surface area contributed by atoms with Crippen molar-refractivity contribution in [3.8, 4) is 0 Å². The topological polar surface area (TPSA) is 86.7 Å². The standard InChI is InChI=1S/C16H16N2O4S/c19-16(20)13-5-7-15(8-6-13)17-23(21,22)18-10-9-12-3-1-2-4-14(12)11-18/h1-8,17H,9-11H2,(H,19,20). The van der Waals surface area contributed by atoms with Gasteiger partial charge < -0.3 is 5.11 Å². The van der Waals surface area contributed by atoms with E-state index in [-0.39, 0.29) is 5.56 Å². The van der Waals surface area contributed by atoms with Gasteiger partial charge in [0.2, 0.25) is 0 Å². The summed E-state index contributed by atoms with van der Waals surface area (Å²) in [4.78, 5) is 10.8. The first-order valence-corrected chi connectivity index (χ1v) is 8.58. The van der Waals surface area contributed by atoms with Crippen molar-refractivity contribution < 1.29 is 18.3 Å². The number of hydrogen-bond acceptors (Lipinski definition) is 3. The van der Waals surface area contributed by atoms with Crippen LogP contribution in [0.1, 0.15) is 21.5 Å². The second-order valence-corrected chi connectivity index (χ2v) is 7.01. The minimum Gasteiger partial charge on any atom is -0.478 e. The molecular weight excluding hydrogens is 316 g/mol. The summed E-state index contributed by atoms with van der Waals surface area (Å²) in [5.74, 6) is -1.05. The Kier molecular flexibility index (Phi) is 4.06. The molecule has 0 saturated carbocycles. The molecule has 1 aliphatic heterocycles. The SMILES string of the molecule is O=C(O)c1ccc(NS(=O)(=O)N2CCc3ccccc3C2)cc1. The highest BCUT2D eigenvalue weighted by atomic mass is 32.2. The van der Waals surface area contributed by atoms with Gasteiger partial charge in [-0.15, -0.1) is 0 Å². The Balaban J connectivity index is 1.76. The third-order valence-electron chi connectivity index (χ3n) is 3.81. The van der Waals surface area contributed by atoms with E-state index in [1.807, 2.05) is 24.3 Å². The van der Waals surface area contributed by atoms with Crippen LogP contribution >= 0.6 is 0 Å². The summed E-state index contributed by atoms with van der Waals surface area (Å²) in [5, 5.41) is 8.86. The van der Waals surface area contributed by atoms with Crippen LogP contribution in [0, 0.1) is 0 Å². The van der Waals surface area contributed by atoms with Gasteiger partial charge in [-0.05, 0) is 41.8 Å². The van der Waals surface area contributed by atoms with E-state index in [2.05, 4.69) is 4.72 Å². The van der Waals surface area contributed by atoms with E-state index < -0.39 is 16.2 Å². The summed E-state index contributed by atoms with van der Waals surface area (Å²) in [6.07, 6.45) is 0.676. The van der Waals surface area contributed by atoms with Crippen LogP contribution in [0.4, 0.5) is 5.69 Å². The van der Waals surface area contributed by atoms with Crippen molar-refractivity contribution in [1.82, 2.24) is 4.31 Å². The third-order valence-corrected chi connectivity index (χ3v) is 5.30. The fourth-order valence-corrected chi connectivity index (χ4v) is 3.77. The Morgan fingerprint density at radius 1 is 1.04 bits per heavy atom. The highest BCUT2D eigenvalue weighted by molar-refractivity contribution is 7.90. The molecule has 0 aliphatic carbocycles. The molecule has 6 nitrogen and oxygen atoms in total. The van der Waals surface area contributed by atoms with Gasteiger partial charge in [0, 0.05) is 18.8 Å². The van der Waals surface area contributed by atoms with E-state index in [4.69, 9.17) is 5.11 Å². The maximum absolute atomic E-state index is 12.5. The van der Waals surface area contributed by atoms with Crippen molar-refractivity contribution in [2.24, 2.45) is 0 Å². The van der Waals surface area contributed by atoms with E-state index in [0.29, 0.717) is 25.2 Å². The molecular formula is C16H16N2O4S. The second-order valence-electron chi connectivity index (χ2n) is 5.34. The molecule has 2 N–H and O–H groups in total. The molecule has 0 amide bonds. The molecule has 0 spiro atoms. The van der Waals surface area contributed by atoms with Crippen LogP contribution in [-0.2, 0) is 23.2 Å². The van der Waals surface area contributed by atoms with Crippen LogP contribution in [0.3, 0.4) is 0 Å². The Morgan fingerprint density at radius 3 is 2.35 bits per heavy atom. The highest BCUT2D eigenvalue weighted by Gasteiger charge is 2.26. The van der Waals surface area contributed by atoms with Gasteiger partial charge in [0.1, 0.15) is 0 Å². The molecule has 2 aromatic rings. The van der Waals surface area contributed by atoms with E-state index in [9.17, 15) is 13.2 Å². The first kappa shape index (κ1) is 15.5. The van der Waals surface area contributed by atoms with Crippen molar-refractivity contribution in [2.75, 3.05) is 11.3 Å². The molecule has 0 unspecified atom stereocenters. The smallest absolute Gasteiger partial charge is 0.335 e. The number of carbonyl (C=O) groups is 1. The van der Waals surface area contributed by atoms with Gasteiger partial charge in [-0.1, -0.05) is 24.3 Å². The Hall–Kier alpha value is -2.38. The fourth-order valence-electron chi connectivity index (χ4n) is 2.57. The number of carboxylic acid groups (broad SMARTS) is 1. The number of nitrogens with one attached hydrogen (secondary N) is 1. The van der Waals surface area contributed by atoms with Crippen molar-refractivity contribution >= 4 is 21.9 Å². The number of anilines is 1. The van der Waals surface area contributed by atoms with Gasteiger partial charge in [-0.25, -0.2) is 4.79 Å². The number of nitrogens with zero attached hydrogens (tertiary/aromatic N) is 1. The van der Waals surface area contributed by atoms with Crippen LogP contribution in [0.25, 0.3) is 0 Å². The zero-order valence-corrected chi connectivity index (χ0v) is 13.1. The van der Waals surface area contributed by atoms with Gasteiger partial charge in [0.25, 0.3) is 0 Å². The van der Waals surface area contributed by atoms with Crippen LogP contribution in [-0.4, -0.2) is 30.3 Å². The lowest BCUT2D eigenvalue weighted by Gasteiger charge is -2.28. The monoisotopic (exact) mass is 332 g/mol. The number of rotatable bonds is 4. The van der Waals surface area contributed by atoms with Gasteiger partial charge in [0.15, 0.2) is 0 Å². The largest absolute Gasteiger partial charge is 0.478 e. The van der Waals surface area contributed by atoms with Gasteiger partial charge in [-0.3, -0.25) is 4.72 Å². The minimum atomic E-state index is -3.68. The Morgan fingerprint density at radius 2 is 1.70 bits per heavy atom. The molecule has 0 bridgehead atoms. The van der Waals surface area contributed by atoms with Gasteiger partial charge >= 0.3 is 16.2 Å². The molecule has 1 aliphatic rings. The second kappa shape index (κ2) is 6.02. The van der Waals surface area contributed by atoms with E-state index in [1.165, 1.54) is 34.1 Å². The molecule has 1 heterocycles. The molecule has 2 aromatic carbocycles. The molecule has 0 saturated heterocycles. The van der Waals surface area contributed by atoms with E-state index in [0.717, 1.165) is 5.56 Å². The predicted octanol–water partition coefficient (Wildman–Crippen LogP) is 2.10. The van der Waals surface area contributed by atoms with E-state index >= 15 is 0 Å². The normalized spacial score (nSPS) is 15.0. The zero-order chi connectivity index (χ0) is 16.4. The lowest BCUT2D eigenvalue weighted by Crippen LogP contribution is -2.39. The quantitative estimate of drug-likeness (QED) is 0.898. The molecule has 23 heavy (non-hydrogen) atoms. The summed E-state index contributed by atoms with van der Waals surface area (Å²) in [5.41, 5.74) is 2.63. The molecule has 0 fully saturated rings. The first-order chi connectivity index (χ1) is 11.0. The maximum Gasteiger partial charge on any atom is 0.335 e. The lowest BCUT2D eigenvalue weighted by atomic mass is 10.0. The summed E-state index contributed by atoms with van der Waals surface area (Å²) in [6, 6.07) is 13.4. The minimum absolute atomic E-state index is 0.111. The summed E-state index contributed by atoms with van der Waals surface area (Å²) < 4.78 is 28.8. The number of fused-ring (bicyclic) bond motifs is 1. The van der Waals surface area contributed by atoms with Crippen LogP contribution in [0.15, 0.2) is 48.5 Å². The number of benzene rings is 2. The Bertz CT molecular complexity index is 831. The maximum atomic E-state index is 12.5.